The van der Waals surface area contributed by atoms with E-state index in [1.54, 1.807) is 30.3 Å². The Morgan fingerprint density at radius 3 is 2.62 bits per heavy atom. The van der Waals surface area contributed by atoms with Gasteiger partial charge in [0.05, 0.1) is 11.9 Å². The molecule has 4 rings (SSSR count). The molecular weight excluding hydrogens is 336 g/mol. The molecule has 2 aliphatic heterocycles. The fourth-order valence-electron chi connectivity index (χ4n) is 3.16. The second kappa shape index (κ2) is 6.70. The monoisotopic (exact) mass is 356 g/mol. The van der Waals surface area contributed by atoms with E-state index in [1.165, 1.54) is 4.68 Å². The summed E-state index contributed by atoms with van der Waals surface area (Å²) in [5, 5.41) is 4.05. The molecule has 2 aliphatic rings. The van der Waals surface area contributed by atoms with Gasteiger partial charge in [0.25, 0.3) is 11.5 Å². The highest BCUT2D eigenvalue weighted by molar-refractivity contribution is 5.82. The number of para-hydroxylation sites is 2. The van der Waals surface area contributed by atoms with Crippen molar-refractivity contribution in [1.29, 1.82) is 0 Å². The van der Waals surface area contributed by atoms with Crippen molar-refractivity contribution in [2.75, 3.05) is 37.7 Å². The largest absolute Gasteiger partial charge is 0.485 e. The van der Waals surface area contributed by atoms with Crippen LogP contribution >= 0.6 is 0 Å². The average molecular weight is 356 g/mol. The number of nitrogens with zero attached hydrogens (tertiary/aromatic N) is 4. The lowest BCUT2D eigenvalue weighted by atomic mass is 10.2. The van der Waals surface area contributed by atoms with E-state index in [9.17, 15) is 9.59 Å². The van der Waals surface area contributed by atoms with Crippen LogP contribution in [0.4, 0.5) is 5.69 Å². The molecule has 3 heterocycles. The number of carbonyl (C=O) groups excluding carboxylic acids is 1. The van der Waals surface area contributed by atoms with Gasteiger partial charge in [-0.05, 0) is 12.1 Å². The minimum Gasteiger partial charge on any atom is -0.485 e. The summed E-state index contributed by atoms with van der Waals surface area (Å²) in [4.78, 5) is 28.3. The van der Waals surface area contributed by atoms with Crippen LogP contribution in [-0.2, 0) is 11.8 Å². The van der Waals surface area contributed by atoms with Crippen molar-refractivity contribution in [3.8, 4) is 11.5 Å². The molecule has 0 radical (unpaired) electrons. The molecule has 0 aliphatic carbocycles. The van der Waals surface area contributed by atoms with E-state index in [0.717, 1.165) is 5.69 Å². The zero-order chi connectivity index (χ0) is 18.1. The van der Waals surface area contributed by atoms with Crippen molar-refractivity contribution in [2.45, 2.75) is 6.10 Å². The van der Waals surface area contributed by atoms with Crippen LogP contribution in [0.25, 0.3) is 0 Å². The van der Waals surface area contributed by atoms with Crippen LogP contribution < -0.4 is 19.9 Å². The molecule has 8 nitrogen and oxygen atoms in total. The molecule has 8 heteroatoms. The summed E-state index contributed by atoms with van der Waals surface area (Å²) < 4.78 is 12.7. The number of benzene rings is 1. The summed E-state index contributed by atoms with van der Waals surface area (Å²) >= 11 is 0. The Bertz CT molecular complexity index is 873. The fourth-order valence-corrected chi connectivity index (χ4v) is 3.16. The zero-order valence-corrected chi connectivity index (χ0v) is 14.5. The zero-order valence-electron chi connectivity index (χ0n) is 14.5. The maximum atomic E-state index is 12.7. The number of rotatable bonds is 2. The lowest BCUT2D eigenvalue weighted by Crippen LogP contribution is -2.54. The molecule has 2 aromatic rings. The van der Waals surface area contributed by atoms with Crippen LogP contribution in [0, 0.1) is 0 Å². The lowest BCUT2D eigenvalue weighted by Gasteiger charge is -2.37. The molecule has 1 amide bonds. The SMILES string of the molecule is Cn1ncc(N2CCN(C(=O)[C@@H]3COc4ccccc4O3)CC2)cc1=O. The molecule has 0 N–H and O–H groups in total. The van der Waals surface area contributed by atoms with Gasteiger partial charge in [0.2, 0.25) is 6.10 Å². The summed E-state index contributed by atoms with van der Waals surface area (Å²) in [5.41, 5.74) is 0.638. The van der Waals surface area contributed by atoms with Crippen molar-refractivity contribution in [3.05, 3.63) is 46.9 Å². The van der Waals surface area contributed by atoms with Gasteiger partial charge in [-0.2, -0.15) is 5.10 Å². The molecule has 0 unspecified atom stereocenters. The van der Waals surface area contributed by atoms with Gasteiger partial charge in [-0.3, -0.25) is 9.59 Å². The van der Waals surface area contributed by atoms with Crippen LogP contribution in [0.15, 0.2) is 41.3 Å². The van der Waals surface area contributed by atoms with Crippen molar-refractivity contribution in [1.82, 2.24) is 14.7 Å². The van der Waals surface area contributed by atoms with Crippen LogP contribution in [-0.4, -0.2) is 59.5 Å². The van der Waals surface area contributed by atoms with E-state index in [2.05, 4.69) is 10.00 Å². The highest BCUT2D eigenvalue weighted by atomic mass is 16.6. The number of amides is 1. The number of hydrogen-bond acceptors (Lipinski definition) is 6. The molecule has 0 saturated carbocycles. The third kappa shape index (κ3) is 3.10. The first kappa shape index (κ1) is 16.4. The van der Waals surface area contributed by atoms with Crippen LogP contribution in [0.3, 0.4) is 0 Å². The Hall–Kier alpha value is -3.03. The molecule has 26 heavy (non-hydrogen) atoms. The van der Waals surface area contributed by atoms with Gasteiger partial charge < -0.3 is 19.3 Å². The minimum absolute atomic E-state index is 0.0683. The summed E-state index contributed by atoms with van der Waals surface area (Å²) in [6.45, 7) is 2.63. The maximum Gasteiger partial charge on any atom is 0.268 e. The number of fused-ring (bicyclic) bond motifs is 1. The van der Waals surface area contributed by atoms with Crippen molar-refractivity contribution in [2.24, 2.45) is 7.05 Å². The normalized spacial score (nSPS) is 19.3. The minimum atomic E-state index is -0.623. The van der Waals surface area contributed by atoms with E-state index >= 15 is 0 Å². The van der Waals surface area contributed by atoms with E-state index in [1.807, 2.05) is 18.2 Å². The first-order valence-electron chi connectivity index (χ1n) is 8.57. The Kier molecular flexibility index (Phi) is 4.24. The third-order valence-electron chi connectivity index (χ3n) is 4.69. The van der Waals surface area contributed by atoms with Crippen LogP contribution in [0.5, 0.6) is 11.5 Å². The molecule has 1 saturated heterocycles. The summed E-state index contributed by atoms with van der Waals surface area (Å²) in [6, 6.07) is 8.92. The van der Waals surface area contributed by atoms with Gasteiger partial charge in [-0.25, -0.2) is 4.68 Å². The van der Waals surface area contributed by atoms with E-state index < -0.39 is 6.10 Å². The van der Waals surface area contributed by atoms with Crippen LogP contribution in [0.1, 0.15) is 0 Å². The third-order valence-corrected chi connectivity index (χ3v) is 4.69. The number of aryl methyl sites for hydroxylation is 1. The number of piperazine rings is 1. The standard InChI is InChI=1S/C18H20N4O4/c1-20-17(23)10-13(11-19-20)21-6-8-22(9-7-21)18(24)16-12-25-14-4-2-3-5-15(14)26-16/h2-5,10-11,16H,6-9,12H2,1H3/t16-/m0/s1. The Morgan fingerprint density at radius 2 is 1.88 bits per heavy atom. The number of ether oxygens (including phenoxy) is 2. The predicted molar refractivity (Wildman–Crippen MR) is 94.6 cm³/mol. The Labute approximate surface area is 150 Å². The van der Waals surface area contributed by atoms with Gasteiger partial charge in [-0.15, -0.1) is 0 Å². The van der Waals surface area contributed by atoms with Crippen molar-refractivity contribution in [3.63, 3.8) is 0 Å². The van der Waals surface area contributed by atoms with Crippen molar-refractivity contribution >= 4 is 11.6 Å². The highest BCUT2D eigenvalue weighted by Crippen LogP contribution is 2.31. The second-order valence-electron chi connectivity index (χ2n) is 6.35. The number of aromatic nitrogens is 2. The molecular formula is C18H20N4O4. The number of carbonyl (C=O) groups is 1. The summed E-state index contributed by atoms with van der Waals surface area (Å²) in [7, 11) is 1.62. The van der Waals surface area contributed by atoms with E-state index in [-0.39, 0.29) is 18.1 Å². The molecule has 1 aromatic heterocycles. The van der Waals surface area contributed by atoms with Crippen LogP contribution in [0.2, 0.25) is 0 Å². The topological polar surface area (TPSA) is 76.9 Å². The van der Waals surface area contributed by atoms with Crippen molar-refractivity contribution < 1.29 is 14.3 Å². The van der Waals surface area contributed by atoms with E-state index in [0.29, 0.717) is 37.7 Å². The first-order valence-corrected chi connectivity index (χ1v) is 8.57. The molecule has 136 valence electrons. The lowest BCUT2D eigenvalue weighted by molar-refractivity contribution is -0.141. The summed E-state index contributed by atoms with van der Waals surface area (Å²) in [6.07, 6.45) is 1.05. The smallest absolute Gasteiger partial charge is 0.268 e. The van der Waals surface area contributed by atoms with Gasteiger partial charge in [0, 0.05) is 39.3 Å². The van der Waals surface area contributed by atoms with E-state index in [4.69, 9.17) is 9.47 Å². The van der Waals surface area contributed by atoms with Gasteiger partial charge in [0.1, 0.15) is 6.61 Å². The number of anilines is 1. The summed E-state index contributed by atoms with van der Waals surface area (Å²) in [5.74, 6) is 1.20. The first-order chi connectivity index (χ1) is 12.6. The van der Waals surface area contributed by atoms with Gasteiger partial charge in [-0.1, -0.05) is 12.1 Å². The highest BCUT2D eigenvalue weighted by Gasteiger charge is 2.32. The average Bonchev–Trinajstić information content (AvgIpc) is 2.69. The number of hydrogen-bond donors (Lipinski definition) is 0. The second-order valence-corrected chi connectivity index (χ2v) is 6.35. The Morgan fingerprint density at radius 1 is 1.15 bits per heavy atom. The molecule has 0 spiro atoms. The Balaban J connectivity index is 1.38. The maximum absolute atomic E-state index is 12.7. The molecule has 0 bridgehead atoms. The fraction of sp³-hybridized carbons (Fsp3) is 0.389. The molecule has 1 fully saturated rings. The molecule has 1 atom stereocenters. The van der Waals surface area contributed by atoms with Gasteiger partial charge in [0.15, 0.2) is 11.5 Å². The van der Waals surface area contributed by atoms with Gasteiger partial charge >= 0.3 is 0 Å². The predicted octanol–water partition coefficient (Wildman–Crippen LogP) is 0.269. The molecule has 1 aromatic carbocycles. The quantitative estimate of drug-likeness (QED) is 0.769.